The normalized spacial score (nSPS) is 21.7. The highest BCUT2D eigenvalue weighted by Gasteiger charge is 2.39. The highest BCUT2D eigenvalue weighted by Crippen LogP contribution is 2.42. The number of fused-ring (bicyclic) bond motifs is 2. The van der Waals surface area contributed by atoms with Gasteiger partial charge in [0.1, 0.15) is 0 Å². The highest BCUT2D eigenvalue weighted by atomic mass is 16.4. The van der Waals surface area contributed by atoms with E-state index in [0.29, 0.717) is 24.1 Å². The first-order valence-corrected chi connectivity index (χ1v) is 11.2. The molecule has 0 saturated carbocycles. The van der Waals surface area contributed by atoms with Gasteiger partial charge in [-0.05, 0) is 50.9 Å². The van der Waals surface area contributed by atoms with Gasteiger partial charge in [0.05, 0.1) is 0 Å². The minimum Gasteiger partial charge on any atom is -0.478 e. The molecule has 9 nitrogen and oxygen atoms in total. The highest BCUT2D eigenvalue weighted by molar-refractivity contribution is 5.90. The molecule has 2 unspecified atom stereocenters. The van der Waals surface area contributed by atoms with Crippen molar-refractivity contribution in [3.63, 3.8) is 0 Å². The molecule has 2 amide bonds. The third-order valence-corrected chi connectivity index (χ3v) is 6.47. The number of rotatable bonds is 5. The molecule has 1 aromatic carbocycles. The van der Waals surface area contributed by atoms with Crippen molar-refractivity contribution in [2.45, 2.75) is 44.7 Å². The van der Waals surface area contributed by atoms with Crippen molar-refractivity contribution >= 4 is 28.9 Å². The maximum Gasteiger partial charge on any atom is 0.328 e. The number of urea groups is 1. The summed E-state index contributed by atoms with van der Waals surface area (Å²) in [5, 5.41) is 20.3. The van der Waals surface area contributed by atoms with Crippen LogP contribution in [-0.2, 0) is 16.0 Å². The van der Waals surface area contributed by atoms with Gasteiger partial charge in [0, 0.05) is 66.9 Å². The third kappa shape index (κ3) is 5.54. The summed E-state index contributed by atoms with van der Waals surface area (Å²) >= 11 is 0. The predicted molar refractivity (Wildman–Crippen MR) is 125 cm³/mol. The Bertz CT molecular complexity index is 1030. The van der Waals surface area contributed by atoms with Crippen LogP contribution in [0.2, 0.25) is 0 Å². The molecular weight excluding hydrogens is 424 g/mol. The summed E-state index contributed by atoms with van der Waals surface area (Å²) < 4.78 is 0. The van der Waals surface area contributed by atoms with E-state index in [4.69, 9.17) is 10.2 Å². The van der Waals surface area contributed by atoms with E-state index in [1.165, 1.54) is 22.0 Å². The van der Waals surface area contributed by atoms with Crippen molar-refractivity contribution in [3.8, 4) is 0 Å². The van der Waals surface area contributed by atoms with Gasteiger partial charge >= 0.3 is 18.0 Å². The topological polar surface area (TPSA) is 126 Å². The minimum absolute atomic E-state index is 0.0678. The number of piperidine rings is 1. The van der Waals surface area contributed by atoms with Gasteiger partial charge in [-0.25, -0.2) is 14.4 Å². The average Bonchev–Trinajstić information content (AvgIpc) is 3.19. The Kier molecular flexibility index (Phi) is 7.75. The second kappa shape index (κ2) is 10.5. The van der Waals surface area contributed by atoms with E-state index < -0.39 is 11.9 Å². The van der Waals surface area contributed by atoms with Gasteiger partial charge in [0.15, 0.2) is 0 Å². The van der Waals surface area contributed by atoms with Crippen LogP contribution in [0.25, 0.3) is 10.9 Å². The van der Waals surface area contributed by atoms with E-state index in [-0.39, 0.29) is 12.1 Å². The SMILES string of the molecule is CCN(CC)C(=O)NC1CC2c3cccc4[nH]cc(c34)C[C@H]2N(C)C1.O=C(O)/C=C\C(=O)O. The summed E-state index contributed by atoms with van der Waals surface area (Å²) in [6.07, 6.45) is 5.40. The van der Waals surface area contributed by atoms with Crippen LogP contribution in [0.15, 0.2) is 36.5 Å². The van der Waals surface area contributed by atoms with Gasteiger partial charge < -0.3 is 30.3 Å². The third-order valence-electron chi connectivity index (χ3n) is 6.47. The summed E-state index contributed by atoms with van der Waals surface area (Å²) in [7, 11) is 2.20. The Morgan fingerprint density at radius 1 is 1.18 bits per heavy atom. The number of amides is 2. The lowest BCUT2D eigenvalue weighted by Crippen LogP contribution is -2.56. The maximum absolute atomic E-state index is 12.5. The molecular formula is C24H32N4O5. The largest absolute Gasteiger partial charge is 0.478 e. The van der Waals surface area contributed by atoms with Crippen molar-refractivity contribution in [1.82, 2.24) is 20.1 Å². The van der Waals surface area contributed by atoms with Gasteiger partial charge in [0.25, 0.3) is 0 Å². The van der Waals surface area contributed by atoms with Gasteiger partial charge in [-0.1, -0.05) is 12.1 Å². The molecule has 0 bridgehead atoms. The standard InChI is InChI=1S/C20H28N4O.C4H4O4/c1-4-24(5-2)20(25)22-14-10-16-15-7-6-8-17-19(15)13(11-21-17)9-18(16)23(3)12-14;5-3(6)1-2-4(7)8/h6-8,11,14,16,18,21H,4-5,9-10,12H2,1-3H3,(H,22,25);1-2H,(H,5,6)(H,7,8)/b;2-1-/t14?,16?,18-;/m1./s1. The van der Waals surface area contributed by atoms with Crippen LogP contribution in [0.3, 0.4) is 0 Å². The number of carboxylic acids is 2. The molecule has 1 saturated heterocycles. The van der Waals surface area contributed by atoms with Crippen LogP contribution in [0.1, 0.15) is 37.3 Å². The molecule has 2 aromatic rings. The molecule has 0 spiro atoms. The molecule has 4 rings (SSSR count). The Morgan fingerprint density at radius 2 is 1.85 bits per heavy atom. The molecule has 1 aliphatic heterocycles. The summed E-state index contributed by atoms with van der Waals surface area (Å²) in [5.41, 5.74) is 4.12. The Morgan fingerprint density at radius 3 is 2.45 bits per heavy atom. The van der Waals surface area contributed by atoms with E-state index in [2.05, 4.69) is 46.6 Å². The summed E-state index contributed by atoms with van der Waals surface area (Å²) in [6, 6.07) is 7.38. The lowest BCUT2D eigenvalue weighted by molar-refractivity contribution is -0.134. The predicted octanol–water partition coefficient (Wildman–Crippen LogP) is 2.64. The van der Waals surface area contributed by atoms with E-state index in [9.17, 15) is 14.4 Å². The second-order valence-corrected chi connectivity index (χ2v) is 8.47. The quantitative estimate of drug-likeness (QED) is 0.513. The first-order chi connectivity index (χ1) is 15.7. The van der Waals surface area contributed by atoms with Crippen LogP contribution in [-0.4, -0.2) is 81.7 Å². The first-order valence-electron chi connectivity index (χ1n) is 11.2. The van der Waals surface area contributed by atoms with Crippen molar-refractivity contribution in [2.24, 2.45) is 0 Å². The van der Waals surface area contributed by atoms with Gasteiger partial charge in [-0.2, -0.15) is 0 Å². The van der Waals surface area contributed by atoms with Crippen LogP contribution >= 0.6 is 0 Å². The molecule has 3 atom stereocenters. The number of likely N-dealkylation sites (N-methyl/N-ethyl adjacent to an activating group) is 1. The van der Waals surface area contributed by atoms with Crippen LogP contribution in [0.4, 0.5) is 4.79 Å². The molecule has 9 heteroatoms. The van der Waals surface area contributed by atoms with E-state index in [1.807, 2.05) is 18.7 Å². The zero-order valence-electron chi connectivity index (χ0n) is 19.2. The summed E-state index contributed by atoms with van der Waals surface area (Å²) in [4.78, 5) is 39.3. The second-order valence-electron chi connectivity index (χ2n) is 8.47. The number of nitrogens with one attached hydrogen (secondary N) is 2. The number of likely N-dealkylation sites (tertiary alicyclic amines) is 1. The lowest BCUT2D eigenvalue weighted by atomic mass is 9.74. The number of carbonyl (C=O) groups is 3. The number of benzene rings is 1. The van der Waals surface area contributed by atoms with E-state index in [0.717, 1.165) is 32.5 Å². The fourth-order valence-corrected chi connectivity index (χ4v) is 4.97. The van der Waals surface area contributed by atoms with Gasteiger partial charge in [-0.3, -0.25) is 0 Å². The minimum atomic E-state index is -1.26. The van der Waals surface area contributed by atoms with Gasteiger partial charge in [0.2, 0.25) is 0 Å². The van der Waals surface area contributed by atoms with Crippen molar-refractivity contribution in [3.05, 3.63) is 47.7 Å². The van der Waals surface area contributed by atoms with Crippen molar-refractivity contribution in [2.75, 3.05) is 26.7 Å². The maximum atomic E-state index is 12.5. The zero-order valence-corrected chi connectivity index (χ0v) is 19.2. The fraction of sp³-hybridized carbons (Fsp3) is 0.458. The number of hydrogen-bond acceptors (Lipinski definition) is 4. The Balaban J connectivity index is 0.000000331. The monoisotopic (exact) mass is 456 g/mol. The number of carbonyl (C=O) groups excluding carboxylic acids is 1. The Labute approximate surface area is 193 Å². The smallest absolute Gasteiger partial charge is 0.328 e. The summed E-state index contributed by atoms with van der Waals surface area (Å²) in [5.74, 6) is -2.03. The molecule has 1 fully saturated rings. The number of aliphatic carboxylic acids is 2. The zero-order chi connectivity index (χ0) is 24.1. The molecule has 1 aliphatic carbocycles. The van der Waals surface area contributed by atoms with E-state index >= 15 is 0 Å². The van der Waals surface area contributed by atoms with Crippen LogP contribution < -0.4 is 5.32 Å². The number of hydrogen-bond donors (Lipinski definition) is 4. The molecule has 33 heavy (non-hydrogen) atoms. The van der Waals surface area contributed by atoms with Gasteiger partial charge in [-0.15, -0.1) is 0 Å². The number of carboxylic acid groups (broad SMARTS) is 2. The van der Waals surface area contributed by atoms with Crippen molar-refractivity contribution in [1.29, 1.82) is 0 Å². The van der Waals surface area contributed by atoms with E-state index in [1.54, 1.807) is 0 Å². The fourth-order valence-electron chi connectivity index (χ4n) is 4.97. The molecule has 2 aliphatic rings. The number of aromatic amines is 1. The van der Waals surface area contributed by atoms with Crippen molar-refractivity contribution < 1.29 is 24.6 Å². The number of H-pyrrole nitrogens is 1. The molecule has 1 aromatic heterocycles. The van der Waals surface area contributed by atoms with Crippen LogP contribution in [0.5, 0.6) is 0 Å². The van der Waals surface area contributed by atoms with Crippen LogP contribution in [0, 0.1) is 0 Å². The number of aromatic nitrogens is 1. The lowest BCUT2D eigenvalue weighted by Gasteiger charge is -2.45. The summed E-state index contributed by atoms with van der Waals surface area (Å²) in [6.45, 7) is 6.48. The molecule has 178 valence electrons. The molecule has 0 radical (unpaired) electrons. The average molecular weight is 457 g/mol. The Hall–Kier alpha value is -3.33. The molecule has 4 N–H and O–H groups in total. The molecule has 2 heterocycles. The first kappa shape index (κ1) is 24.3. The number of nitrogens with zero attached hydrogens (tertiary/aromatic N) is 2.